The Labute approximate surface area is 147 Å². The largest absolute Gasteiger partial charge is 0.335 e. The number of rotatable bonds is 6. The molecule has 128 valence electrons. The van der Waals surface area contributed by atoms with Gasteiger partial charge in [-0.15, -0.1) is 0 Å². The molecule has 0 aliphatic carbocycles. The van der Waals surface area contributed by atoms with E-state index in [1.54, 1.807) is 17.0 Å². The first-order chi connectivity index (χ1) is 12.2. The number of nitrogens with zero attached hydrogens (tertiary/aromatic N) is 1. The van der Waals surface area contributed by atoms with E-state index in [1.165, 1.54) is 6.07 Å². The fourth-order valence-electron chi connectivity index (χ4n) is 3.05. The van der Waals surface area contributed by atoms with Gasteiger partial charge in [0, 0.05) is 17.5 Å². The molecule has 0 heterocycles. The maximum atomic E-state index is 13.7. The van der Waals surface area contributed by atoms with Gasteiger partial charge < -0.3 is 10.2 Å². The molecule has 3 nitrogen and oxygen atoms in total. The maximum Gasteiger partial charge on any atom is 0.282 e. The highest BCUT2D eigenvalue weighted by Gasteiger charge is 2.17. The van der Waals surface area contributed by atoms with Gasteiger partial charge in [-0.3, -0.25) is 4.79 Å². The summed E-state index contributed by atoms with van der Waals surface area (Å²) in [5.74, 6) is -0.206. The summed E-state index contributed by atoms with van der Waals surface area (Å²) in [6, 6.07) is 20.7. The maximum absolute atomic E-state index is 13.7. The smallest absolute Gasteiger partial charge is 0.282 e. The zero-order valence-electron chi connectivity index (χ0n) is 14.3. The number of fused-ring (bicyclic) bond motifs is 1. The summed E-state index contributed by atoms with van der Waals surface area (Å²) in [5, 5.41) is 4.02. The SMILES string of the molecule is CCN(C(=O)C[NH2+]Cc1ccccc1F)c1cccc2ccccc12. The summed E-state index contributed by atoms with van der Waals surface area (Å²) in [4.78, 5) is 14.5. The third-order valence-electron chi connectivity index (χ3n) is 4.32. The van der Waals surface area contributed by atoms with Gasteiger partial charge in [-0.05, 0) is 24.4 Å². The monoisotopic (exact) mass is 337 g/mol. The van der Waals surface area contributed by atoms with Gasteiger partial charge in [-0.25, -0.2) is 4.39 Å². The molecule has 2 N–H and O–H groups in total. The average molecular weight is 337 g/mol. The molecule has 0 spiro atoms. The van der Waals surface area contributed by atoms with Gasteiger partial charge in [0.1, 0.15) is 12.4 Å². The Kier molecular flexibility index (Phi) is 5.41. The molecule has 0 bridgehead atoms. The Morgan fingerprint density at radius 2 is 1.72 bits per heavy atom. The predicted octanol–water partition coefficient (Wildman–Crippen LogP) is 3.10. The standard InChI is InChI=1S/C21H21FN2O/c1-2-24(20-13-7-10-16-8-3-5-11-18(16)20)21(25)15-23-14-17-9-4-6-12-19(17)22/h3-13,23H,2,14-15H2,1H3/p+1. The van der Waals surface area contributed by atoms with Crippen LogP contribution in [0.25, 0.3) is 10.8 Å². The number of hydrogen-bond acceptors (Lipinski definition) is 1. The van der Waals surface area contributed by atoms with Crippen LogP contribution in [0, 0.1) is 5.82 Å². The van der Waals surface area contributed by atoms with Crippen LogP contribution in [0.1, 0.15) is 12.5 Å². The topological polar surface area (TPSA) is 36.9 Å². The molecule has 0 aliphatic rings. The van der Waals surface area contributed by atoms with E-state index in [2.05, 4.69) is 0 Å². The number of nitrogens with two attached hydrogens (primary N) is 1. The van der Waals surface area contributed by atoms with E-state index in [9.17, 15) is 9.18 Å². The molecule has 0 fully saturated rings. The number of anilines is 1. The number of likely N-dealkylation sites (N-methyl/N-ethyl adjacent to an activating group) is 1. The van der Waals surface area contributed by atoms with Gasteiger partial charge in [-0.2, -0.15) is 0 Å². The first-order valence-electron chi connectivity index (χ1n) is 8.54. The molecule has 0 atom stereocenters. The summed E-state index contributed by atoms with van der Waals surface area (Å²) in [6.07, 6.45) is 0. The highest BCUT2D eigenvalue weighted by atomic mass is 19.1. The summed E-state index contributed by atoms with van der Waals surface area (Å²) in [7, 11) is 0. The van der Waals surface area contributed by atoms with E-state index < -0.39 is 0 Å². The first-order valence-corrected chi connectivity index (χ1v) is 8.54. The third kappa shape index (κ3) is 3.86. The highest BCUT2D eigenvalue weighted by molar-refractivity contribution is 6.03. The van der Waals surface area contributed by atoms with Gasteiger partial charge in [-0.1, -0.05) is 54.6 Å². The first kappa shape index (κ1) is 17.1. The molecule has 0 radical (unpaired) electrons. The molecule has 3 aromatic carbocycles. The zero-order chi connectivity index (χ0) is 17.6. The predicted molar refractivity (Wildman–Crippen MR) is 98.9 cm³/mol. The molecule has 3 aromatic rings. The van der Waals surface area contributed by atoms with E-state index >= 15 is 0 Å². The van der Waals surface area contributed by atoms with Crippen molar-refractivity contribution < 1.29 is 14.5 Å². The molecule has 0 aliphatic heterocycles. The van der Waals surface area contributed by atoms with Crippen molar-refractivity contribution in [3.8, 4) is 0 Å². The molecular weight excluding hydrogens is 315 g/mol. The van der Waals surface area contributed by atoms with Crippen LogP contribution in [0.15, 0.2) is 66.7 Å². The van der Waals surface area contributed by atoms with Crippen LogP contribution in [0.3, 0.4) is 0 Å². The van der Waals surface area contributed by atoms with Gasteiger partial charge in [0.25, 0.3) is 5.91 Å². The van der Waals surface area contributed by atoms with Gasteiger partial charge >= 0.3 is 0 Å². The minimum Gasteiger partial charge on any atom is -0.335 e. The lowest BCUT2D eigenvalue weighted by molar-refractivity contribution is -0.660. The minimum atomic E-state index is -0.229. The Morgan fingerprint density at radius 1 is 1.00 bits per heavy atom. The van der Waals surface area contributed by atoms with Crippen molar-refractivity contribution in [2.45, 2.75) is 13.5 Å². The van der Waals surface area contributed by atoms with Crippen LogP contribution in [0.5, 0.6) is 0 Å². The number of quaternary nitrogens is 1. The molecule has 3 rings (SSSR count). The molecular formula is C21H22FN2O+. The molecule has 0 unspecified atom stereocenters. The highest BCUT2D eigenvalue weighted by Crippen LogP contribution is 2.26. The van der Waals surface area contributed by atoms with E-state index in [1.807, 2.05) is 60.8 Å². The van der Waals surface area contributed by atoms with Crippen molar-refractivity contribution in [1.82, 2.24) is 0 Å². The molecule has 0 saturated heterocycles. The molecule has 0 aromatic heterocycles. The number of halogens is 1. The molecule has 4 heteroatoms. The summed E-state index contributed by atoms with van der Waals surface area (Å²) >= 11 is 0. The lowest BCUT2D eigenvalue weighted by atomic mass is 10.1. The van der Waals surface area contributed by atoms with Crippen LogP contribution >= 0.6 is 0 Å². The van der Waals surface area contributed by atoms with Gasteiger partial charge in [0.05, 0.1) is 5.69 Å². The van der Waals surface area contributed by atoms with Crippen molar-refractivity contribution in [1.29, 1.82) is 0 Å². The van der Waals surface area contributed by atoms with Crippen LogP contribution in [-0.4, -0.2) is 19.0 Å². The fourth-order valence-corrected chi connectivity index (χ4v) is 3.05. The third-order valence-corrected chi connectivity index (χ3v) is 4.32. The van der Waals surface area contributed by atoms with Crippen LogP contribution < -0.4 is 10.2 Å². The molecule has 25 heavy (non-hydrogen) atoms. The summed E-state index contributed by atoms with van der Waals surface area (Å²) in [5.41, 5.74) is 1.54. The Bertz CT molecular complexity index is 873. The van der Waals surface area contributed by atoms with Crippen molar-refractivity contribution in [2.75, 3.05) is 18.0 Å². The molecule has 0 saturated carbocycles. The lowest BCUT2D eigenvalue weighted by Crippen LogP contribution is -2.85. The van der Waals surface area contributed by atoms with Crippen molar-refractivity contribution in [2.24, 2.45) is 0 Å². The van der Waals surface area contributed by atoms with Crippen LogP contribution in [0.4, 0.5) is 10.1 Å². The number of carbonyl (C=O) groups excluding carboxylic acids is 1. The second-order valence-electron chi connectivity index (χ2n) is 5.92. The Hall–Kier alpha value is -2.72. The summed E-state index contributed by atoms with van der Waals surface area (Å²) in [6.45, 7) is 3.30. The summed E-state index contributed by atoms with van der Waals surface area (Å²) < 4.78 is 13.7. The van der Waals surface area contributed by atoms with Crippen molar-refractivity contribution in [3.05, 3.63) is 78.1 Å². The zero-order valence-corrected chi connectivity index (χ0v) is 14.3. The lowest BCUT2D eigenvalue weighted by Gasteiger charge is -2.22. The number of hydrogen-bond donors (Lipinski definition) is 1. The second-order valence-corrected chi connectivity index (χ2v) is 5.92. The number of amides is 1. The van der Waals surface area contributed by atoms with Gasteiger partial charge in [0.2, 0.25) is 0 Å². The van der Waals surface area contributed by atoms with E-state index in [0.29, 0.717) is 18.7 Å². The van der Waals surface area contributed by atoms with Crippen molar-refractivity contribution in [3.63, 3.8) is 0 Å². The average Bonchev–Trinajstić information content (AvgIpc) is 2.64. The minimum absolute atomic E-state index is 0.0233. The number of carbonyl (C=O) groups is 1. The van der Waals surface area contributed by atoms with Crippen LogP contribution in [-0.2, 0) is 11.3 Å². The Balaban J connectivity index is 1.72. The normalized spacial score (nSPS) is 10.8. The second kappa shape index (κ2) is 7.90. The van der Waals surface area contributed by atoms with E-state index in [-0.39, 0.29) is 18.3 Å². The number of benzene rings is 3. The van der Waals surface area contributed by atoms with Gasteiger partial charge in [0.15, 0.2) is 6.54 Å². The quantitative estimate of drug-likeness (QED) is 0.737. The van der Waals surface area contributed by atoms with Crippen LogP contribution in [0.2, 0.25) is 0 Å². The van der Waals surface area contributed by atoms with E-state index in [4.69, 9.17) is 0 Å². The van der Waals surface area contributed by atoms with E-state index in [0.717, 1.165) is 16.5 Å². The fraction of sp³-hybridized carbons (Fsp3) is 0.190. The van der Waals surface area contributed by atoms with Crippen molar-refractivity contribution >= 4 is 22.4 Å². The Morgan fingerprint density at radius 3 is 2.52 bits per heavy atom. The molecule has 1 amide bonds.